The van der Waals surface area contributed by atoms with Gasteiger partial charge in [-0.15, -0.1) is 0 Å². The fraction of sp³-hybridized carbons (Fsp3) is 0.462. The maximum atomic E-state index is 13.0. The average molecular weight is 351 g/mol. The molecule has 1 aromatic rings. The highest BCUT2D eigenvalue weighted by Crippen LogP contribution is 2.25. The zero-order chi connectivity index (χ0) is 15.3. The first-order valence-corrected chi connectivity index (χ1v) is 6.87. The highest BCUT2D eigenvalue weighted by molar-refractivity contribution is 9.10. The van der Waals surface area contributed by atoms with E-state index >= 15 is 0 Å². The molecule has 0 aliphatic rings. The zero-order valence-corrected chi connectivity index (χ0v) is 12.8. The predicted octanol–water partition coefficient (Wildman–Crippen LogP) is 2.56. The summed E-state index contributed by atoms with van der Waals surface area (Å²) in [5.74, 6) is -3.41. The van der Waals surface area contributed by atoms with E-state index in [1.54, 1.807) is 12.1 Å². The number of hydrogen-bond acceptors (Lipinski definition) is 3. The molecule has 0 bridgehead atoms. The molecular formula is C13H17BrF2N2O2. The predicted molar refractivity (Wildman–Crippen MR) is 76.2 cm³/mol. The lowest BCUT2D eigenvalue weighted by atomic mass is 10.2. The molecule has 0 saturated carbocycles. The average Bonchev–Trinajstić information content (AvgIpc) is 2.35. The van der Waals surface area contributed by atoms with E-state index in [0.717, 1.165) is 4.47 Å². The Labute approximate surface area is 124 Å². The minimum atomic E-state index is -3.12. The van der Waals surface area contributed by atoms with E-state index in [2.05, 4.69) is 21.2 Å². The quantitative estimate of drug-likeness (QED) is 0.828. The lowest BCUT2D eigenvalue weighted by Crippen LogP contribution is -2.41. The Morgan fingerprint density at radius 1 is 1.50 bits per heavy atom. The molecule has 0 fully saturated rings. The van der Waals surface area contributed by atoms with Gasteiger partial charge in [0.25, 0.3) is 11.8 Å². The molecule has 1 aromatic carbocycles. The molecule has 0 aliphatic carbocycles. The molecule has 7 heteroatoms. The number of nitrogens with one attached hydrogen (secondary N) is 1. The monoisotopic (exact) mass is 350 g/mol. The van der Waals surface area contributed by atoms with Gasteiger partial charge in [-0.3, -0.25) is 4.79 Å². The first-order valence-electron chi connectivity index (χ1n) is 6.07. The van der Waals surface area contributed by atoms with Crippen LogP contribution >= 0.6 is 15.9 Å². The maximum Gasteiger partial charge on any atom is 0.277 e. The molecule has 0 spiro atoms. The van der Waals surface area contributed by atoms with Crippen LogP contribution in [0, 0.1) is 0 Å². The summed E-state index contributed by atoms with van der Waals surface area (Å²) in [4.78, 5) is 11.9. The number of hydrogen-bond donors (Lipinski definition) is 2. The van der Waals surface area contributed by atoms with Gasteiger partial charge in [-0.25, -0.2) is 8.78 Å². The number of ether oxygens (including phenoxy) is 1. The Hall–Kier alpha value is -1.21. The minimum Gasteiger partial charge on any atom is -0.490 e. The van der Waals surface area contributed by atoms with Gasteiger partial charge in [0.2, 0.25) is 0 Å². The molecule has 1 rings (SSSR count). The van der Waals surface area contributed by atoms with Crippen molar-refractivity contribution in [2.75, 3.05) is 13.1 Å². The third-order valence-corrected chi connectivity index (χ3v) is 2.85. The molecule has 0 aromatic heterocycles. The van der Waals surface area contributed by atoms with Crippen LogP contribution in [-0.4, -0.2) is 31.0 Å². The summed E-state index contributed by atoms with van der Waals surface area (Å²) in [6.45, 7) is 2.00. The van der Waals surface area contributed by atoms with Crippen molar-refractivity contribution in [3.05, 3.63) is 28.2 Å². The van der Waals surface area contributed by atoms with Gasteiger partial charge in [-0.05, 0) is 32.0 Å². The van der Waals surface area contributed by atoms with E-state index in [9.17, 15) is 13.6 Å². The van der Waals surface area contributed by atoms with E-state index in [0.29, 0.717) is 5.75 Å². The Morgan fingerprint density at radius 2 is 2.15 bits per heavy atom. The lowest BCUT2D eigenvalue weighted by Gasteiger charge is -2.17. The molecular weight excluding hydrogens is 334 g/mol. The first kappa shape index (κ1) is 16.8. The number of carbonyl (C=O) groups excluding carboxylic acids is 1. The highest BCUT2D eigenvalue weighted by Gasteiger charge is 2.28. The summed E-state index contributed by atoms with van der Waals surface area (Å²) in [6.07, 6.45) is -0.138. The summed E-state index contributed by atoms with van der Waals surface area (Å²) in [7, 11) is 0. The fourth-order valence-electron chi connectivity index (χ4n) is 1.41. The second kappa shape index (κ2) is 6.99. The van der Waals surface area contributed by atoms with E-state index in [1.165, 1.54) is 6.07 Å². The molecule has 0 atom stereocenters. The number of amides is 1. The fourth-order valence-corrected chi connectivity index (χ4v) is 1.75. The Bertz CT molecular complexity index is 481. The van der Waals surface area contributed by atoms with Crippen LogP contribution in [-0.2, 0) is 0 Å². The van der Waals surface area contributed by atoms with Crippen molar-refractivity contribution in [2.24, 2.45) is 5.73 Å². The summed E-state index contributed by atoms with van der Waals surface area (Å²) < 4.78 is 32.3. The van der Waals surface area contributed by atoms with Gasteiger partial charge in [-0.1, -0.05) is 15.9 Å². The van der Waals surface area contributed by atoms with E-state index in [4.69, 9.17) is 10.5 Å². The van der Waals surface area contributed by atoms with E-state index < -0.39 is 24.9 Å². The number of benzene rings is 1. The standard InChI is InChI=1S/C13H17BrF2N2O2/c1-8(2)20-11-5-9(14)3-4-10(11)12(19)18-7-13(15,16)6-17/h3-5,8H,6-7,17H2,1-2H3,(H,18,19). The maximum absolute atomic E-state index is 13.0. The van der Waals surface area contributed by atoms with Crippen molar-refractivity contribution in [3.8, 4) is 5.75 Å². The number of halogens is 3. The van der Waals surface area contributed by atoms with Gasteiger partial charge >= 0.3 is 0 Å². The number of carbonyl (C=O) groups is 1. The molecule has 4 nitrogen and oxygen atoms in total. The summed E-state index contributed by atoms with van der Waals surface area (Å²) in [5, 5.41) is 2.16. The molecule has 0 saturated heterocycles. The third-order valence-electron chi connectivity index (χ3n) is 2.36. The van der Waals surface area contributed by atoms with Crippen molar-refractivity contribution < 1.29 is 18.3 Å². The Balaban J connectivity index is 2.87. The van der Waals surface area contributed by atoms with Gasteiger partial charge in [0.1, 0.15) is 5.75 Å². The first-order chi connectivity index (χ1) is 9.25. The second-order valence-electron chi connectivity index (χ2n) is 4.55. The van der Waals surface area contributed by atoms with Crippen LogP contribution < -0.4 is 15.8 Å². The molecule has 0 heterocycles. The smallest absolute Gasteiger partial charge is 0.277 e. The van der Waals surface area contributed by atoms with E-state index in [-0.39, 0.29) is 11.7 Å². The summed E-state index contributed by atoms with van der Waals surface area (Å²) in [5.41, 5.74) is 5.12. The van der Waals surface area contributed by atoms with Crippen molar-refractivity contribution >= 4 is 21.8 Å². The van der Waals surface area contributed by atoms with Crippen molar-refractivity contribution in [1.29, 1.82) is 0 Å². The van der Waals surface area contributed by atoms with Crippen LogP contribution in [0.25, 0.3) is 0 Å². The normalized spacial score (nSPS) is 11.6. The summed E-state index contributed by atoms with van der Waals surface area (Å²) in [6, 6.07) is 4.77. The van der Waals surface area contributed by atoms with Crippen LogP contribution in [0.5, 0.6) is 5.75 Å². The molecule has 0 aliphatic heterocycles. The number of alkyl halides is 2. The van der Waals surface area contributed by atoms with Gasteiger partial charge < -0.3 is 15.8 Å². The van der Waals surface area contributed by atoms with Crippen molar-refractivity contribution in [2.45, 2.75) is 25.9 Å². The van der Waals surface area contributed by atoms with Crippen molar-refractivity contribution in [1.82, 2.24) is 5.32 Å². The van der Waals surface area contributed by atoms with Crippen LogP contribution in [0.2, 0.25) is 0 Å². The zero-order valence-electron chi connectivity index (χ0n) is 11.3. The van der Waals surface area contributed by atoms with Crippen LogP contribution in [0.3, 0.4) is 0 Å². The molecule has 0 unspecified atom stereocenters. The van der Waals surface area contributed by atoms with Gasteiger partial charge in [0.05, 0.1) is 24.8 Å². The largest absolute Gasteiger partial charge is 0.490 e. The van der Waals surface area contributed by atoms with Crippen LogP contribution in [0.15, 0.2) is 22.7 Å². The minimum absolute atomic E-state index is 0.138. The molecule has 3 N–H and O–H groups in total. The van der Waals surface area contributed by atoms with Crippen LogP contribution in [0.4, 0.5) is 8.78 Å². The third kappa shape index (κ3) is 5.05. The summed E-state index contributed by atoms with van der Waals surface area (Å²) >= 11 is 3.27. The lowest BCUT2D eigenvalue weighted by molar-refractivity contribution is 0.0118. The van der Waals surface area contributed by atoms with Gasteiger partial charge in [-0.2, -0.15) is 0 Å². The second-order valence-corrected chi connectivity index (χ2v) is 5.47. The van der Waals surface area contributed by atoms with Gasteiger partial charge in [0.15, 0.2) is 0 Å². The molecule has 1 amide bonds. The number of rotatable bonds is 6. The number of nitrogens with two attached hydrogens (primary N) is 1. The van der Waals surface area contributed by atoms with Gasteiger partial charge in [0, 0.05) is 4.47 Å². The highest BCUT2D eigenvalue weighted by atomic mass is 79.9. The Morgan fingerprint density at radius 3 is 2.70 bits per heavy atom. The molecule has 20 heavy (non-hydrogen) atoms. The van der Waals surface area contributed by atoms with Crippen molar-refractivity contribution in [3.63, 3.8) is 0 Å². The van der Waals surface area contributed by atoms with Crippen LogP contribution in [0.1, 0.15) is 24.2 Å². The SMILES string of the molecule is CC(C)Oc1cc(Br)ccc1C(=O)NCC(F)(F)CN. The molecule has 112 valence electrons. The molecule has 0 radical (unpaired) electrons. The Kier molecular flexibility index (Phi) is 5.88. The van der Waals surface area contributed by atoms with E-state index in [1.807, 2.05) is 13.8 Å². The topological polar surface area (TPSA) is 64.3 Å².